The van der Waals surface area contributed by atoms with Gasteiger partial charge < -0.3 is 14.4 Å². The average molecular weight is 597 g/mol. The van der Waals surface area contributed by atoms with E-state index in [1.807, 2.05) is 66.5 Å². The van der Waals surface area contributed by atoms with Gasteiger partial charge in [0, 0.05) is 56.5 Å². The van der Waals surface area contributed by atoms with Gasteiger partial charge in [-0.25, -0.2) is 0 Å². The van der Waals surface area contributed by atoms with E-state index in [2.05, 4.69) is 46.8 Å². The number of aliphatic carboxylic acids is 1. The maximum atomic E-state index is 12.2. The molecule has 0 spiro atoms. The van der Waals surface area contributed by atoms with Crippen molar-refractivity contribution in [1.82, 2.24) is 9.55 Å². The van der Waals surface area contributed by atoms with Crippen LogP contribution in [0.4, 0.5) is 0 Å². The minimum Gasteiger partial charge on any atom is -0.487 e. The largest absolute Gasteiger partial charge is 0.487 e. The van der Waals surface area contributed by atoms with E-state index in [1.165, 1.54) is 10.9 Å². The molecule has 2 aromatic heterocycles. The number of rotatable bonds is 9. The Bertz CT molecular complexity index is 1750. The van der Waals surface area contributed by atoms with Crippen molar-refractivity contribution in [3.05, 3.63) is 113 Å². The van der Waals surface area contributed by atoms with Gasteiger partial charge in [-0.15, -0.1) is 11.8 Å². The second kappa shape index (κ2) is 11.5. The molecule has 0 aliphatic carbocycles. The molecule has 7 heteroatoms. The number of carboxylic acid groups (broad SMARTS) is 1. The molecule has 5 aromatic rings. The van der Waals surface area contributed by atoms with Gasteiger partial charge in [-0.3, -0.25) is 9.78 Å². The summed E-state index contributed by atoms with van der Waals surface area (Å²) in [6, 6.07) is 26.4. The van der Waals surface area contributed by atoms with Crippen molar-refractivity contribution in [3.63, 3.8) is 0 Å². The summed E-state index contributed by atoms with van der Waals surface area (Å²) in [6.07, 6.45) is 3.19. The van der Waals surface area contributed by atoms with Gasteiger partial charge in [0.1, 0.15) is 12.4 Å². The Hall–Kier alpha value is -3.74. The van der Waals surface area contributed by atoms with Crippen molar-refractivity contribution < 1.29 is 14.6 Å². The number of benzene rings is 3. The molecule has 0 radical (unpaired) electrons. The highest BCUT2D eigenvalue weighted by Gasteiger charge is 2.34. The topological polar surface area (TPSA) is 64.3 Å². The molecule has 0 bridgehead atoms. The van der Waals surface area contributed by atoms with Crippen LogP contribution in [-0.2, 0) is 30.8 Å². The average Bonchev–Trinajstić information content (AvgIpc) is 3.26. The predicted octanol–water partition coefficient (Wildman–Crippen LogP) is 8.67. The fourth-order valence-corrected chi connectivity index (χ4v) is 7.03. The summed E-state index contributed by atoms with van der Waals surface area (Å²) in [5, 5.41) is 12.2. The third kappa shape index (κ3) is 5.66. The van der Waals surface area contributed by atoms with Gasteiger partial charge >= 0.3 is 5.97 Å². The first-order chi connectivity index (χ1) is 20.2. The van der Waals surface area contributed by atoms with E-state index >= 15 is 0 Å². The lowest BCUT2D eigenvalue weighted by molar-refractivity contribution is -0.146. The van der Waals surface area contributed by atoms with E-state index in [0.29, 0.717) is 29.8 Å². The summed E-state index contributed by atoms with van der Waals surface area (Å²) in [6.45, 7) is 6.83. The SMILES string of the molecule is C[C@@H]1Cc2c(OCc3ccc(-c4ccccc4)cn3)ccc3c2c(c(CC(C)(C)C(=O)O)n3Cc2ccc(Cl)cc2)S1. The molecule has 42 heavy (non-hydrogen) atoms. The van der Waals surface area contributed by atoms with Crippen molar-refractivity contribution in [1.29, 1.82) is 0 Å². The van der Waals surface area contributed by atoms with Crippen molar-refractivity contribution in [2.24, 2.45) is 5.41 Å². The highest BCUT2D eigenvalue weighted by atomic mass is 35.5. The molecule has 3 heterocycles. The summed E-state index contributed by atoms with van der Waals surface area (Å²) >= 11 is 8.01. The summed E-state index contributed by atoms with van der Waals surface area (Å²) in [4.78, 5) is 18.0. The first-order valence-corrected chi connectivity index (χ1v) is 15.4. The molecule has 1 atom stereocenters. The zero-order valence-corrected chi connectivity index (χ0v) is 25.5. The fourth-order valence-electron chi connectivity index (χ4n) is 5.59. The van der Waals surface area contributed by atoms with Crippen LogP contribution in [-0.4, -0.2) is 25.9 Å². The first-order valence-electron chi connectivity index (χ1n) is 14.1. The zero-order chi connectivity index (χ0) is 29.4. The molecule has 1 aliphatic heterocycles. The predicted molar refractivity (Wildman–Crippen MR) is 171 cm³/mol. The van der Waals surface area contributed by atoms with Crippen LogP contribution in [0.3, 0.4) is 0 Å². The van der Waals surface area contributed by atoms with E-state index in [9.17, 15) is 9.90 Å². The molecule has 0 unspecified atom stereocenters. The maximum absolute atomic E-state index is 12.2. The van der Waals surface area contributed by atoms with Crippen LogP contribution in [0.5, 0.6) is 5.75 Å². The smallest absolute Gasteiger partial charge is 0.309 e. The van der Waals surface area contributed by atoms with Crippen LogP contribution in [0.1, 0.15) is 43.3 Å². The Labute approximate surface area is 255 Å². The minimum absolute atomic E-state index is 0.326. The van der Waals surface area contributed by atoms with Crippen LogP contribution in [0.15, 0.2) is 90.0 Å². The third-order valence-corrected chi connectivity index (χ3v) is 9.41. The van der Waals surface area contributed by atoms with Crippen molar-refractivity contribution in [2.45, 2.75) is 56.9 Å². The zero-order valence-electron chi connectivity index (χ0n) is 23.9. The number of pyridine rings is 1. The van der Waals surface area contributed by atoms with Gasteiger partial charge in [0.2, 0.25) is 0 Å². The Morgan fingerprint density at radius 2 is 1.81 bits per heavy atom. The number of aromatic nitrogens is 2. The van der Waals surface area contributed by atoms with Crippen molar-refractivity contribution in [2.75, 3.05) is 0 Å². The molecule has 1 aliphatic rings. The van der Waals surface area contributed by atoms with Gasteiger partial charge in [0.15, 0.2) is 0 Å². The summed E-state index contributed by atoms with van der Waals surface area (Å²) in [5.41, 5.74) is 6.61. The van der Waals surface area contributed by atoms with Gasteiger partial charge in [-0.05, 0) is 61.7 Å². The Morgan fingerprint density at radius 3 is 2.50 bits per heavy atom. The molecule has 0 saturated heterocycles. The number of halogens is 1. The summed E-state index contributed by atoms with van der Waals surface area (Å²) < 4.78 is 8.73. The fraction of sp³-hybridized carbons (Fsp3) is 0.257. The molecule has 0 saturated carbocycles. The monoisotopic (exact) mass is 596 g/mol. The molecule has 214 valence electrons. The molecular weight excluding hydrogens is 564 g/mol. The van der Waals surface area contributed by atoms with Crippen LogP contribution in [0.25, 0.3) is 22.0 Å². The number of nitrogens with zero attached hydrogens (tertiary/aromatic N) is 2. The Morgan fingerprint density at radius 1 is 1.05 bits per heavy atom. The van der Waals surface area contributed by atoms with Crippen LogP contribution < -0.4 is 4.74 Å². The number of hydrogen-bond donors (Lipinski definition) is 1. The number of ether oxygens (including phenoxy) is 1. The Kier molecular flexibility index (Phi) is 7.77. The van der Waals surface area contributed by atoms with Gasteiger partial charge in [-0.1, -0.05) is 67.1 Å². The molecule has 3 aromatic carbocycles. The minimum atomic E-state index is -0.916. The number of carbonyl (C=O) groups is 1. The third-order valence-electron chi connectivity index (χ3n) is 7.91. The van der Waals surface area contributed by atoms with Crippen molar-refractivity contribution >= 4 is 40.2 Å². The van der Waals surface area contributed by atoms with Crippen LogP contribution in [0.2, 0.25) is 5.02 Å². The maximum Gasteiger partial charge on any atom is 0.309 e. The van der Waals surface area contributed by atoms with Crippen LogP contribution >= 0.6 is 23.4 Å². The highest BCUT2D eigenvalue weighted by Crippen LogP contribution is 2.48. The lowest BCUT2D eigenvalue weighted by atomic mass is 9.87. The van der Waals surface area contributed by atoms with E-state index < -0.39 is 11.4 Å². The second-order valence-corrected chi connectivity index (χ2v) is 13.5. The quantitative estimate of drug-likeness (QED) is 0.184. The summed E-state index contributed by atoms with van der Waals surface area (Å²) in [7, 11) is 0. The van der Waals surface area contributed by atoms with Crippen LogP contribution in [0, 0.1) is 5.41 Å². The normalized spacial score (nSPS) is 14.7. The van der Waals surface area contributed by atoms with E-state index in [-0.39, 0.29) is 0 Å². The number of carboxylic acids is 1. The molecule has 5 nitrogen and oxygen atoms in total. The molecular formula is C35H33ClN2O3S. The molecule has 6 rings (SSSR count). The summed E-state index contributed by atoms with van der Waals surface area (Å²) in [5.74, 6) is 0.0550. The van der Waals surface area contributed by atoms with Gasteiger partial charge in [0.25, 0.3) is 0 Å². The van der Waals surface area contributed by atoms with Gasteiger partial charge in [0.05, 0.1) is 16.6 Å². The first kappa shape index (κ1) is 28.4. The van der Waals surface area contributed by atoms with E-state index in [1.54, 1.807) is 13.8 Å². The molecule has 1 N–H and O–H groups in total. The lowest BCUT2D eigenvalue weighted by Gasteiger charge is -2.24. The second-order valence-electron chi connectivity index (χ2n) is 11.6. The molecule has 0 amide bonds. The standard InChI is InChI=1S/C35H33ClN2O3S/c1-22-17-28-31(41-21-27-14-11-25(19-37-27)24-7-5-4-6-8-24)16-15-29-32(28)33(42-22)30(18-35(2,3)34(39)40)38(29)20-23-9-12-26(36)13-10-23/h4-16,19,22H,17-18,20-21H2,1-3H3,(H,39,40)/t22-/m1/s1. The van der Waals surface area contributed by atoms with Gasteiger partial charge in [-0.2, -0.15) is 0 Å². The van der Waals surface area contributed by atoms with E-state index in [4.69, 9.17) is 16.3 Å². The number of thioether (sulfide) groups is 1. The lowest BCUT2D eigenvalue weighted by Crippen LogP contribution is -2.28. The number of hydrogen-bond acceptors (Lipinski definition) is 4. The van der Waals surface area contributed by atoms with Crippen molar-refractivity contribution in [3.8, 4) is 16.9 Å². The Balaban J connectivity index is 1.37. The van der Waals surface area contributed by atoms with E-state index in [0.717, 1.165) is 50.7 Å². The molecule has 0 fully saturated rings. The highest BCUT2D eigenvalue weighted by molar-refractivity contribution is 8.00.